The maximum atomic E-state index is 6.08. The quantitative estimate of drug-likeness (QED) is 0.896. The van der Waals surface area contributed by atoms with Crippen LogP contribution in [-0.4, -0.2) is 7.11 Å². The summed E-state index contributed by atoms with van der Waals surface area (Å²) in [6, 6.07) is 7.42. The minimum Gasteiger partial charge on any atom is -0.497 e. The first-order chi connectivity index (χ1) is 8.20. The van der Waals surface area contributed by atoms with Gasteiger partial charge in [0.15, 0.2) is 0 Å². The highest BCUT2D eigenvalue weighted by Gasteiger charge is 2.05. The van der Waals surface area contributed by atoms with Crippen molar-refractivity contribution in [2.45, 2.75) is 13.5 Å². The molecule has 1 aromatic heterocycles. The van der Waals surface area contributed by atoms with E-state index in [4.69, 9.17) is 20.8 Å². The van der Waals surface area contributed by atoms with Gasteiger partial charge in [-0.05, 0) is 30.7 Å². The second-order valence-corrected chi connectivity index (χ2v) is 4.13. The van der Waals surface area contributed by atoms with Crippen molar-refractivity contribution in [3.05, 3.63) is 46.9 Å². The Hall–Kier alpha value is -1.61. The molecule has 1 N–H and O–H groups in total. The third kappa shape index (κ3) is 2.74. The molecule has 4 heteroatoms. The van der Waals surface area contributed by atoms with Gasteiger partial charge in [0.25, 0.3) is 0 Å². The summed E-state index contributed by atoms with van der Waals surface area (Å²) in [6.07, 6.45) is 1.68. The number of furan rings is 1. The number of hydrogen-bond acceptors (Lipinski definition) is 3. The molecule has 0 unspecified atom stereocenters. The van der Waals surface area contributed by atoms with Crippen molar-refractivity contribution in [2.24, 2.45) is 0 Å². The summed E-state index contributed by atoms with van der Waals surface area (Å²) >= 11 is 6.08. The molecule has 0 bridgehead atoms. The van der Waals surface area contributed by atoms with Gasteiger partial charge in [-0.15, -0.1) is 0 Å². The first-order valence-electron chi connectivity index (χ1n) is 5.31. The molecule has 0 aliphatic heterocycles. The predicted octanol–water partition coefficient (Wildman–Crippen LogP) is 3.86. The van der Waals surface area contributed by atoms with Crippen molar-refractivity contribution in [1.82, 2.24) is 0 Å². The highest BCUT2D eigenvalue weighted by atomic mass is 35.5. The van der Waals surface area contributed by atoms with Gasteiger partial charge < -0.3 is 14.5 Å². The average Bonchev–Trinajstić information content (AvgIpc) is 2.74. The Kier molecular flexibility index (Phi) is 3.59. The largest absolute Gasteiger partial charge is 0.497 e. The van der Waals surface area contributed by atoms with Crippen LogP contribution >= 0.6 is 11.6 Å². The molecule has 0 aliphatic carbocycles. The average molecular weight is 252 g/mol. The number of rotatable bonds is 4. The lowest BCUT2D eigenvalue weighted by molar-refractivity contribution is 0.415. The second-order valence-electron chi connectivity index (χ2n) is 3.73. The Morgan fingerprint density at radius 1 is 1.35 bits per heavy atom. The predicted molar refractivity (Wildman–Crippen MR) is 68.8 cm³/mol. The van der Waals surface area contributed by atoms with Gasteiger partial charge in [0.05, 0.1) is 30.6 Å². The van der Waals surface area contributed by atoms with Crippen molar-refractivity contribution >= 4 is 17.3 Å². The maximum absolute atomic E-state index is 6.08. The van der Waals surface area contributed by atoms with E-state index in [9.17, 15) is 0 Å². The molecule has 0 spiro atoms. The van der Waals surface area contributed by atoms with Gasteiger partial charge in [0.2, 0.25) is 0 Å². The zero-order valence-corrected chi connectivity index (χ0v) is 10.5. The van der Waals surface area contributed by atoms with Crippen molar-refractivity contribution < 1.29 is 9.15 Å². The fourth-order valence-corrected chi connectivity index (χ4v) is 1.71. The molecule has 0 aliphatic rings. The smallest absolute Gasteiger partial charge is 0.125 e. The first kappa shape index (κ1) is 11.9. The molecule has 0 radical (unpaired) electrons. The van der Waals surface area contributed by atoms with Crippen molar-refractivity contribution in [1.29, 1.82) is 0 Å². The lowest BCUT2D eigenvalue weighted by atomic mass is 10.2. The van der Waals surface area contributed by atoms with E-state index in [2.05, 4.69) is 5.32 Å². The van der Waals surface area contributed by atoms with E-state index in [0.29, 0.717) is 11.6 Å². The first-order valence-corrected chi connectivity index (χ1v) is 5.69. The molecule has 90 valence electrons. The van der Waals surface area contributed by atoms with Crippen LogP contribution in [0.5, 0.6) is 5.75 Å². The summed E-state index contributed by atoms with van der Waals surface area (Å²) in [5.41, 5.74) is 1.96. The summed E-state index contributed by atoms with van der Waals surface area (Å²) in [5, 5.41) is 3.89. The highest BCUT2D eigenvalue weighted by Crippen LogP contribution is 2.27. The summed E-state index contributed by atoms with van der Waals surface area (Å²) in [7, 11) is 1.63. The third-order valence-electron chi connectivity index (χ3n) is 2.58. The van der Waals surface area contributed by atoms with E-state index in [-0.39, 0.29) is 0 Å². The molecule has 0 saturated carbocycles. The van der Waals surface area contributed by atoms with Gasteiger partial charge in [-0.2, -0.15) is 0 Å². The van der Waals surface area contributed by atoms with Crippen LogP contribution in [0, 0.1) is 6.92 Å². The minimum absolute atomic E-state index is 0.603. The normalized spacial score (nSPS) is 10.3. The van der Waals surface area contributed by atoms with E-state index in [1.165, 1.54) is 0 Å². The number of halogens is 1. The van der Waals surface area contributed by atoms with Crippen molar-refractivity contribution in [3.63, 3.8) is 0 Å². The lowest BCUT2D eigenvalue weighted by Crippen LogP contribution is -2.00. The van der Waals surface area contributed by atoms with Crippen LogP contribution in [0.1, 0.15) is 11.3 Å². The summed E-state index contributed by atoms with van der Waals surface area (Å²) in [6.45, 7) is 2.61. The number of benzene rings is 1. The van der Waals surface area contributed by atoms with E-state index in [0.717, 1.165) is 22.8 Å². The minimum atomic E-state index is 0.603. The van der Waals surface area contributed by atoms with Gasteiger partial charge in [-0.1, -0.05) is 11.6 Å². The Labute approximate surface area is 105 Å². The summed E-state index contributed by atoms with van der Waals surface area (Å²) in [4.78, 5) is 0. The number of aryl methyl sites for hydroxylation is 1. The molecule has 0 atom stereocenters. The van der Waals surface area contributed by atoms with Crippen LogP contribution in [0.4, 0.5) is 5.69 Å². The monoisotopic (exact) mass is 251 g/mol. The Morgan fingerprint density at radius 2 is 2.18 bits per heavy atom. The molecular formula is C13H14ClNO2. The zero-order chi connectivity index (χ0) is 12.3. The molecule has 0 fully saturated rings. The number of hydrogen-bond donors (Lipinski definition) is 1. The molecule has 17 heavy (non-hydrogen) atoms. The number of nitrogens with one attached hydrogen (secondary N) is 1. The number of ether oxygens (including phenoxy) is 1. The van der Waals surface area contributed by atoms with Crippen LogP contribution in [0.3, 0.4) is 0 Å². The van der Waals surface area contributed by atoms with Crippen LogP contribution in [0.15, 0.2) is 34.9 Å². The Bertz CT molecular complexity index is 508. The summed E-state index contributed by atoms with van der Waals surface area (Å²) in [5.74, 6) is 1.68. The van der Waals surface area contributed by atoms with Crippen LogP contribution in [-0.2, 0) is 6.54 Å². The van der Waals surface area contributed by atoms with E-state index < -0.39 is 0 Å². The van der Waals surface area contributed by atoms with Gasteiger partial charge >= 0.3 is 0 Å². The van der Waals surface area contributed by atoms with Gasteiger partial charge in [-0.25, -0.2) is 0 Å². The fraction of sp³-hybridized carbons (Fsp3) is 0.231. The van der Waals surface area contributed by atoms with Gasteiger partial charge in [0.1, 0.15) is 11.5 Å². The van der Waals surface area contributed by atoms with Crippen molar-refractivity contribution in [3.8, 4) is 5.75 Å². The molecule has 0 amide bonds. The zero-order valence-electron chi connectivity index (χ0n) is 9.79. The van der Waals surface area contributed by atoms with E-state index >= 15 is 0 Å². The standard InChI is InChI=1S/C13H14ClNO2/c1-9-5-6-17-13(9)8-15-12-7-10(16-2)3-4-11(12)14/h3-7,15H,8H2,1-2H3. The molecule has 1 aromatic carbocycles. The fourth-order valence-electron chi connectivity index (χ4n) is 1.53. The molecule has 2 aromatic rings. The number of methoxy groups -OCH3 is 1. The van der Waals surface area contributed by atoms with Crippen LogP contribution in [0.2, 0.25) is 5.02 Å². The van der Waals surface area contributed by atoms with E-state index in [1.54, 1.807) is 19.4 Å². The Morgan fingerprint density at radius 3 is 2.82 bits per heavy atom. The van der Waals surface area contributed by atoms with Gasteiger partial charge in [-0.3, -0.25) is 0 Å². The molecule has 0 saturated heterocycles. The lowest BCUT2D eigenvalue weighted by Gasteiger charge is -2.09. The second kappa shape index (κ2) is 5.15. The SMILES string of the molecule is COc1ccc(Cl)c(NCc2occc2C)c1. The highest BCUT2D eigenvalue weighted by molar-refractivity contribution is 6.33. The molecule has 1 heterocycles. The van der Waals surface area contributed by atoms with Gasteiger partial charge in [0, 0.05) is 6.07 Å². The molecule has 2 rings (SSSR count). The molecule has 3 nitrogen and oxygen atoms in total. The third-order valence-corrected chi connectivity index (χ3v) is 2.91. The molecular weight excluding hydrogens is 238 g/mol. The number of anilines is 1. The maximum Gasteiger partial charge on any atom is 0.125 e. The van der Waals surface area contributed by atoms with Crippen molar-refractivity contribution in [2.75, 3.05) is 12.4 Å². The van der Waals surface area contributed by atoms with Crippen LogP contribution in [0.25, 0.3) is 0 Å². The topological polar surface area (TPSA) is 34.4 Å². The van der Waals surface area contributed by atoms with Crippen LogP contribution < -0.4 is 10.1 Å². The Balaban J connectivity index is 2.11. The summed E-state index contributed by atoms with van der Waals surface area (Å²) < 4.78 is 10.5. The van der Waals surface area contributed by atoms with E-state index in [1.807, 2.05) is 25.1 Å².